The summed E-state index contributed by atoms with van der Waals surface area (Å²) in [6.45, 7) is 1.87. The molecule has 17 heavy (non-hydrogen) atoms. The molecule has 86 valence electrons. The van der Waals surface area contributed by atoms with Gasteiger partial charge in [0.25, 0.3) is 0 Å². The summed E-state index contributed by atoms with van der Waals surface area (Å²) in [5, 5.41) is 9.46. The van der Waals surface area contributed by atoms with Gasteiger partial charge in [0, 0.05) is 45.3 Å². The van der Waals surface area contributed by atoms with E-state index in [0.29, 0.717) is 6.79 Å². The van der Waals surface area contributed by atoms with Crippen molar-refractivity contribution in [2.45, 2.75) is 6.54 Å². The third-order valence-corrected chi connectivity index (χ3v) is 2.67. The molecule has 1 aliphatic rings. The number of hydrogen-bond acceptors (Lipinski definition) is 3. The van der Waals surface area contributed by atoms with Crippen LogP contribution in [0.3, 0.4) is 0 Å². The predicted octanol–water partition coefficient (Wildman–Crippen LogP) is 1.77. The second-order valence-electron chi connectivity index (χ2n) is 3.67. The predicted molar refractivity (Wildman–Crippen MR) is 60.0 cm³/mol. The summed E-state index contributed by atoms with van der Waals surface area (Å²) in [6.07, 6.45) is 1.84. The molecule has 6 heteroatoms. The maximum absolute atomic E-state index is 5.35. The summed E-state index contributed by atoms with van der Waals surface area (Å²) in [6, 6.07) is 3.94. The summed E-state index contributed by atoms with van der Waals surface area (Å²) in [5.74, 6) is 1.59. The average Bonchev–Trinajstić information content (AvgIpc) is 2.89. The van der Waals surface area contributed by atoms with Crippen LogP contribution in [0.1, 0.15) is 0 Å². The van der Waals surface area contributed by atoms with E-state index in [-0.39, 0.29) is 27.3 Å². The van der Waals surface area contributed by atoms with E-state index in [1.54, 1.807) is 7.05 Å². The Hall–Kier alpha value is -0.828. The maximum Gasteiger partial charge on any atom is 0.231 e. The van der Waals surface area contributed by atoms with Gasteiger partial charge >= 0.3 is 0 Å². The van der Waals surface area contributed by atoms with Crippen LogP contribution in [0.4, 0.5) is 0 Å². The summed E-state index contributed by atoms with van der Waals surface area (Å²) < 4.78 is 12.6. The van der Waals surface area contributed by atoms with Gasteiger partial charge in [-0.1, -0.05) is 0 Å². The van der Waals surface area contributed by atoms with Crippen molar-refractivity contribution in [3.05, 3.63) is 23.6 Å². The van der Waals surface area contributed by atoms with E-state index in [0.717, 1.165) is 35.5 Å². The van der Waals surface area contributed by atoms with E-state index in [1.807, 2.05) is 23.0 Å². The number of benzene rings is 1. The molecule has 0 amide bonds. The van der Waals surface area contributed by atoms with Crippen LogP contribution in [0, 0.1) is 0 Å². The van der Waals surface area contributed by atoms with Crippen molar-refractivity contribution in [1.29, 1.82) is 0 Å². The van der Waals surface area contributed by atoms with E-state index in [9.17, 15) is 0 Å². The molecular weight excluding hydrogens is 319 g/mol. The largest absolute Gasteiger partial charge is 0.664 e. The third-order valence-electron chi connectivity index (χ3n) is 2.67. The number of ether oxygens (including phenoxy) is 2. The fourth-order valence-electron chi connectivity index (χ4n) is 1.84. The van der Waals surface area contributed by atoms with Gasteiger partial charge in [0.1, 0.15) is 0 Å². The van der Waals surface area contributed by atoms with Gasteiger partial charge in [-0.2, -0.15) is 12.1 Å². The van der Waals surface area contributed by atoms with Crippen molar-refractivity contribution in [3.63, 3.8) is 0 Å². The van der Waals surface area contributed by atoms with E-state index >= 15 is 0 Å². The third kappa shape index (κ3) is 2.25. The standard InChI is InChI=1S/C11H12N3O2.Cd/c1-12-2-3-14-9-5-11-10(15-7-16-11)4-8(9)6-13-14;/h4-6H,2-3,7H2,1H3;/q-1;. The molecule has 0 bridgehead atoms. The van der Waals surface area contributed by atoms with Gasteiger partial charge in [-0.3, -0.25) is 4.68 Å². The molecule has 0 saturated heterocycles. The van der Waals surface area contributed by atoms with Gasteiger partial charge in [-0.25, -0.2) is 0 Å². The van der Waals surface area contributed by atoms with Crippen molar-refractivity contribution >= 4 is 10.9 Å². The SMILES string of the molecule is C[N-]CCn1ncc2cc3c(cc21)OCO3.[Cd]. The topological polar surface area (TPSA) is 50.4 Å². The minimum absolute atomic E-state index is 0. The Balaban J connectivity index is 0.00000108. The molecule has 1 aromatic heterocycles. The summed E-state index contributed by atoms with van der Waals surface area (Å²) in [4.78, 5) is 0. The van der Waals surface area contributed by atoms with E-state index in [4.69, 9.17) is 9.47 Å². The minimum Gasteiger partial charge on any atom is -0.664 e. The number of likely N-dealkylation sites (N-methyl/N-ethyl adjacent to an activating group) is 1. The van der Waals surface area contributed by atoms with Crippen LogP contribution < -0.4 is 9.47 Å². The Kier molecular flexibility index (Phi) is 3.87. The second-order valence-corrected chi connectivity index (χ2v) is 3.67. The van der Waals surface area contributed by atoms with Gasteiger partial charge in [-0.15, -0.1) is 6.54 Å². The van der Waals surface area contributed by atoms with Gasteiger partial charge in [0.15, 0.2) is 11.5 Å². The van der Waals surface area contributed by atoms with Crippen LogP contribution in [0.25, 0.3) is 16.2 Å². The maximum atomic E-state index is 5.35. The Bertz CT molecular complexity index is 527. The monoisotopic (exact) mass is 332 g/mol. The van der Waals surface area contributed by atoms with Crippen LogP contribution in [0.15, 0.2) is 18.3 Å². The van der Waals surface area contributed by atoms with Crippen LogP contribution in [0.2, 0.25) is 0 Å². The van der Waals surface area contributed by atoms with E-state index in [2.05, 4.69) is 10.4 Å². The second kappa shape index (κ2) is 5.22. The first kappa shape index (κ1) is 12.6. The van der Waals surface area contributed by atoms with Crippen molar-refractivity contribution < 1.29 is 36.8 Å². The van der Waals surface area contributed by atoms with Crippen molar-refractivity contribution in [2.24, 2.45) is 0 Å². The van der Waals surface area contributed by atoms with Crippen molar-refractivity contribution in [1.82, 2.24) is 9.78 Å². The molecule has 0 N–H and O–H groups in total. The summed E-state index contributed by atoms with van der Waals surface area (Å²) >= 11 is 0. The van der Waals surface area contributed by atoms with Gasteiger partial charge in [0.05, 0.1) is 11.7 Å². The normalized spacial score (nSPS) is 12.8. The first-order valence-electron chi connectivity index (χ1n) is 5.19. The molecule has 0 aliphatic carbocycles. The Labute approximate surface area is 119 Å². The minimum atomic E-state index is 0. The first-order valence-corrected chi connectivity index (χ1v) is 5.19. The average molecular weight is 331 g/mol. The summed E-state index contributed by atoms with van der Waals surface area (Å²) in [7, 11) is 1.81. The molecule has 0 fully saturated rings. The number of rotatable bonds is 3. The Morgan fingerprint density at radius 3 is 2.88 bits per heavy atom. The molecule has 0 spiro atoms. The zero-order valence-corrected chi connectivity index (χ0v) is 13.8. The van der Waals surface area contributed by atoms with E-state index < -0.39 is 0 Å². The van der Waals surface area contributed by atoms with Crippen LogP contribution in [0.5, 0.6) is 11.5 Å². The molecule has 2 aromatic rings. The van der Waals surface area contributed by atoms with E-state index in [1.165, 1.54) is 0 Å². The zero-order chi connectivity index (χ0) is 11.0. The molecule has 0 unspecified atom stereocenters. The molecule has 0 radical (unpaired) electrons. The Morgan fingerprint density at radius 1 is 1.35 bits per heavy atom. The quantitative estimate of drug-likeness (QED) is 0.806. The van der Waals surface area contributed by atoms with Crippen molar-refractivity contribution in [2.75, 3.05) is 20.4 Å². The van der Waals surface area contributed by atoms with Crippen molar-refractivity contribution in [3.8, 4) is 11.5 Å². The zero-order valence-electron chi connectivity index (χ0n) is 9.72. The molecule has 3 rings (SSSR count). The number of aromatic nitrogens is 2. The number of hydrogen-bond donors (Lipinski definition) is 0. The molecule has 5 nitrogen and oxygen atoms in total. The fourth-order valence-corrected chi connectivity index (χ4v) is 1.84. The van der Waals surface area contributed by atoms with Crippen LogP contribution >= 0.6 is 0 Å². The molecule has 0 saturated carbocycles. The van der Waals surface area contributed by atoms with Crippen LogP contribution in [-0.4, -0.2) is 30.2 Å². The Morgan fingerprint density at radius 2 is 2.12 bits per heavy atom. The van der Waals surface area contributed by atoms with Crippen LogP contribution in [-0.2, 0) is 33.8 Å². The fraction of sp³-hybridized carbons (Fsp3) is 0.364. The first-order chi connectivity index (χ1) is 7.88. The smallest absolute Gasteiger partial charge is 0.231 e. The molecule has 1 aromatic carbocycles. The number of nitrogens with zero attached hydrogens (tertiary/aromatic N) is 3. The molecular formula is C11H12CdN3O2-. The van der Waals surface area contributed by atoms with Gasteiger partial charge < -0.3 is 14.8 Å². The number of fused-ring (bicyclic) bond motifs is 2. The summed E-state index contributed by atoms with van der Waals surface area (Å²) in [5.41, 5.74) is 1.06. The van der Waals surface area contributed by atoms with Gasteiger partial charge in [0.2, 0.25) is 6.79 Å². The molecule has 1 aliphatic heterocycles. The molecule has 2 heterocycles. The van der Waals surface area contributed by atoms with Gasteiger partial charge in [-0.05, 0) is 6.07 Å². The molecule has 0 atom stereocenters.